The molecule has 0 aliphatic rings. The van der Waals surface area contributed by atoms with Crippen LogP contribution in [-0.2, 0) is 4.79 Å². The number of aryl methyl sites for hydroxylation is 1. The Balaban J connectivity index is 1.93. The summed E-state index contributed by atoms with van der Waals surface area (Å²) in [5.41, 5.74) is 3.43. The van der Waals surface area contributed by atoms with Crippen LogP contribution in [0.1, 0.15) is 17.2 Å². The third-order valence-corrected chi connectivity index (χ3v) is 3.70. The number of hydrogen-bond acceptors (Lipinski definition) is 3. The summed E-state index contributed by atoms with van der Waals surface area (Å²) < 4.78 is 5.83. The summed E-state index contributed by atoms with van der Waals surface area (Å²) in [4.78, 5) is 12.0. The lowest BCUT2D eigenvalue weighted by Gasteiger charge is -2.18. The zero-order valence-electron chi connectivity index (χ0n) is 12.7. The number of ether oxygens (including phenoxy) is 1. The van der Waals surface area contributed by atoms with E-state index in [1.54, 1.807) is 5.48 Å². The van der Waals surface area contributed by atoms with Gasteiger partial charge in [-0.25, -0.2) is 5.48 Å². The molecule has 2 N–H and O–H groups in total. The number of benzene rings is 3. The van der Waals surface area contributed by atoms with Crippen LogP contribution in [-0.4, -0.2) is 11.1 Å². The molecule has 0 spiro atoms. The lowest BCUT2D eigenvalue weighted by atomic mass is 10.1. The third-order valence-electron chi connectivity index (χ3n) is 3.70. The van der Waals surface area contributed by atoms with Gasteiger partial charge in [0.25, 0.3) is 5.91 Å². The highest BCUT2D eigenvalue weighted by Crippen LogP contribution is 2.26. The van der Waals surface area contributed by atoms with Gasteiger partial charge in [-0.3, -0.25) is 10.0 Å². The third kappa shape index (κ3) is 3.33. The van der Waals surface area contributed by atoms with E-state index in [4.69, 9.17) is 9.94 Å². The van der Waals surface area contributed by atoms with Gasteiger partial charge in [0.15, 0.2) is 0 Å². The Kier molecular flexibility index (Phi) is 4.26. The molecule has 1 unspecified atom stereocenters. The van der Waals surface area contributed by atoms with Gasteiger partial charge in [-0.2, -0.15) is 0 Å². The molecule has 3 rings (SSSR count). The number of fused-ring (bicyclic) bond motifs is 1. The predicted molar refractivity (Wildman–Crippen MR) is 88.4 cm³/mol. The van der Waals surface area contributed by atoms with Crippen LogP contribution in [0.15, 0.2) is 66.7 Å². The maximum absolute atomic E-state index is 12.0. The fourth-order valence-electron chi connectivity index (χ4n) is 2.45. The summed E-state index contributed by atoms with van der Waals surface area (Å²) in [7, 11) is 0. The normalized spacial score (nSPS) is 11.9. The summed E-state index contributed by atoms with van der Waals surface area (Å²) in [5.74, 6) is -0.0418. The lowest BCUT2D eigenvalue weighted by molar-refractivity contribution is -0.136. The van der Waals surface area contributed by atoms with Crippen molar-refractivity contribution >= 4 is 16.7 Å². The van der Waals surface area contributed by atoms with Crippen LogP contribution in [0.4, 0.5) is 0 Å². The van der Waals surface area contributed by atoms with E-state index in [-0.39, 0.29) is 0 Å². The molecule has 3 aromatic carbocycles. The zero-order chi connectivity index (χ0) is 16.2. The fraction of sp³-hybridized carbons (Fsp3) is 0.105. The van der Waals surface area contributed by atoms with Crippen molar-refractivity contribution in [3.63, 3.8) is 0 Å². The molecule has 0 aliphatic heterocycles. The van der Waals surface area contributed by atoms with E-state index in [0.29, 0.717) is 11.3 Å². The molecule has 0 radical (unpaired) electrons. The highest BCUT2D eigenvalue weighted by Gasteiger charge is 2.22. The number of rotatable bonds is 4. The number of nitrogens with one attached hydrogen (secondary N) is 1. The minimum atomic E-state index is -0.915. The van der Waals surface area contributed by atoms with Crippen molar-refractivity contribution in [1.29, 1.82) is 0 Å². The first-order valence-electron chi connectivity index (χ1n) is 7.33. The zero-order valence-corrected chi connectivity index (χ0v) is 12.7. The maximum atomic E-state index is 12.0. The topological polar surface area (TPSA) is 58.6 Å². The van der Waals surface area contributed by atoms with Crippen LogP contribution < -0.4 is 10.2 Å². The summed E-state index contributed by atoms with van der Waals surface area (Å²) in [6.45, 7) is 1.97. The van der Waals surface area contributed by atoms with Crippen molar-refractivity contribution in [2.45, 2.75) is 13.0 Å². The summed E-state index contributed by atoms with van der Waals surface area (Å²) >= 11 is 0. The number of carbonyl (C=O) groups excluding carboxylic acids is 1. The molecule has 4 heteroatoms. The van der Waals surface area contributed by atoms with Gasteiger partial charge < -0.3 is 4.74 Å². The second kappa shape index (κ2) is 6.50. The molecule has 1 amide bonds. The predicted octanol–water partition coefficient (Wildman–Crippen LogP) is 3.77. The highest BCUT2D eigenvalue weighted by atomic mass is 16.5. The minimum absolute atomic E-state index is 0.567. The number of amides is 1. The van der Waals surface area contributed by atoms with E-state index < -0.39 is 12.0 Å². The molecular weight excluding hydrogens is 290 g/mol. The van der Waals surface area contributed by atoms with E-state index in [1.807, 2.05) is 73.7 Å². The van der Waals surface area contributed by atoms with Gasteiger partial charge in [0, 0.05) is 5.56 Å². The fourth-order valence-corrected chi connectivity index (χ4v) is 2.45. The average molecular weight is 307 g/mol. The Morgan fingerprint density at radius 1 is 1.00 bits per heavy atom. The SMILES string of the molecule is Cc1ccc(C(Oc2ccc3ccccc3c2)C(=O)NO)cc1. The van der Waals surface area contributed by atoms with Crippen molar-refractivity contribution in [1.82, 2.24) is 5.48 Å². The smallest absolute Gasteiger partial charge is 0.289 e. The van der Waals surface area contributed by atoms with Crippen LogP contribution in [0.3, 0.4) is 0 Å². The summed E-state index contributed by atoms with van der Waals surface area (Å²) in [6, 6.07) is 21.0. The van der Waals surface area contributed by atoms with Crippen molar-refractivity contribution < 1.29 is 14.7 Å². The van der Waals surface area contributed by atoms with Crippen molar-refractivity contribution in [2.24, 2.45) is 0 Å². The molecular formula is C19H17NO3. The molecule has 0 fully saturated rings. The first kappa shape index (κ1) is 15.1. The van der Waals surface area contributed by atoms with E-state index >= 15 is 0 Å². The van der Waals surface area contributed by atoms with Crippen molar-refractivity contribution in [3.8, 4) is 5.75 Å². The van der Waals surface area contributed by atoms with E-state index in [2.05, 4.69) is 0 Å². The Morgan fingerprint density at radius 3 is 2.39 bits per heavy atom. The van der Waals surface area contributed by atoms with Gasteiger partial charge in [-0.1, -0.05) is 60.2 Å². The van der Waals surface area contributed by atoms with Crippen LogP contribution in [0.25, 0.3) is 10.8 Å². The van der Waals surface area contributed by atoms with E-state index in [1.165, 1.54) is 0 Å². The van der Waals surface area contributed by atoms with Gasteiger partial charge >= 0.3 is 0 Å². The number of hydrogen-bond donors (Lipinski definition) is 2. The monoisotopic (exact) mass is 307 g/mol. The second-order valence-corrected chi connectivity index (χ2v) is 5.39. The average Bonchev–Trinajstić information content (AvgIpc) is 2.60. The van der Waals surface area contributed by atoms with Gasteiger partial charge in [-0.05, 0) is 29.8 Å². The van der Waals surface area contributed by atoms with Gasteiger partial charge in [0.05, 0.1) is 0 Å². The summed E-state index contributed by atoms with van der Waals surface area (Å²) in [6.07, 6.45) is -0.915. The molecule has 0 aromatic heterocycles. The minimum Gasteiger partial charge on any atom is -0.476 e. The Bertz CT molecular complexity index is 827. The highest BCUT2D eigenvalue weighted by molar-refractivity contribution is 5.84. The first-order chi connectivity index (χ1) is 11.2. The molecule has 3 aromatic rings. The Hall–Kier alpha value is -2.85. The number of carbonyl (C=O) groups is 1. The lowest BCUT2D eigenvalue weighted by Crippen LogP contribution is -2.30. The van der Waals surface area contributed by atoms with Crippen LogP contribution in [0.2, 0.25) is 0 Å². The van der Waals surface area contributed by atoms with Crippen molar-refractivity contribution in [2.75, 3.05) is 0 Å². The van der Waals surface area contributed by atoms with Gasteiger partial charge in [0.2, 0.25) is 6.10 Å². The Labute approximate surface area is 134 Å². The van der Waals surface area contributed by atoms with Gasteiger partial charge in [0.1, 0.15) is 5.75 Å². The molecule has 0 saturated heterocycles. The van der Waals surface area contributed by atoms with E-state index in [9.17, 15) is 4.79 Å². The van der Waals surface area contributed by atoms with Crippen LogP contribution in [0, 0.1) is 6.92 Å². The Morgan fingerprint density at radius 2 is 1.70 bits per heavy atom. The standard InChI is InChI=1S/C19H17NO3/c1-13-6-8-15(9-7-13)18(19(21)20-22)23-17-11-10-14-4-2-3-5-16(14)12-17/h2-12,18,22H,1H3,(H,20,21). The van der Waals surface area contributed by atoms with E-state index in [0.717, 1.165) is 16.3 Å². The molecule has 116 valence electrons. The van der Waals surface area contributed by atoms with Crippen LogP contribution >= 0.6 is 0 Å². The summed E-state index contributed by atoms with van der Waals surface area (Å²) in [5, 5.41) is 11.1. The van der Waals surface area contributed by atoms with Crippen molar-refractivity contribution in [3.05, 3.63) is 77.9 Å². The molecule has 0 aliphatic carbocycles. The molecule has 23 heavy (non-hydrogen) atoms. The second-order valence-electron chi connectivity index (χ2n) is 5.39. The molecule has 4 nitrogen and oxygen atoms in total. The molecule has 0 saturated carbocycles. The van der Waals surface area contributed by atoms with Crippen LogP contribution in [0.5, 0.6) is 5.75 Å². The largest absolute Gasteiger partial charge is 0.476 e. The maximum Gasteiger partial charge on any atom is 0.289 e. The number of hydroxylamine groups is 1. The first-order valence-corrected chi connectivity index (χ1v) is 7.33. The quantitative estimate of drug-likeness (QED) is 0.570. The molecule has 0 bridgehead atoms. The molecule has 0 heterocycles. The molecule has 1 atom stereocenters. The van der Waals surface area contributed by atoms with Gasteiger partial charge in [-0.15, -0.1) is 0 Å².